The molecule has 1 aromatic heterocycles. The number of likely N-dealkylation sites (N-methyl/N-ethyl adjacent to an activating group) is 1. The van der Waals surface area contributed by atoms with Crippen LogP contribution in [0.1, 0.15) is 35.0 Å². The number of amides is 2. The summed E-state index contributed by atoms with van der Waals surface area (Å²) in [5.41, 5.74) is 6.99. The van der Waals surface area contributed by atoms with Crippen molar-refractivity contribution >= 4 is 36.1 Å². The summed E-state index contributed by atoms with van der Waals surface area (Å²) >= 11 is 0. The summed E-state index contributed by atoms with van der Waals surface area (Å²) in [4.78, 5) is 36.2. The number of aromatic amines is 1. The number of carbonyl (C=O) groups excluding carboxylic acids is 3. The Labute approximate surface area is 200 Å². The van der Waals surface area contributed by atoms with E-state index in [1.807, 2.05) is 95.3 Å². The van der Waals surface area contributed by atoms with Crippen molar-refractivity contribution in [2.75, 3.05) is 18.5 Å². The maximum Gasteiger partial charge on any atom is 0.407 e. The highest BCUT2D eigenvalue weighted by Gasteiger charge is 2.29. The van der Waals surface area contributed by atoms with Gasteiger partial charge in [0.2, 0.25) is 0 Å². The molecule has 0 fully saturated rings. The molecule has 1 aliphatic heterocycles. The van der Waals surface area contributed by atoms with Gasteiger partial charge in [-0.05, 0) is 50.1 Å². The van der Waals surface area contributed by atoms with Crippen LogP contribution in [0.25, 0.3) is 11.6 Å². The van der Waals surface area contributed by atoms with Crippen LogP contribution in [-0.2, 0) is 20.9 Å². The van der Waals surface area contributed by atoms with Gasteiger partial charge in [-0.25, -0.2) is 4.79 Å². The SMILES string of the molecule is C=O.CCNC(=O)OCc1ccccc1.Cc1cc(C)c(/C=C2\C(=O)N(C)c3ccccc32)[nH]1. The first-order chi connectivity index (χ1) is 16.4. The number of benzene rings is 2. The number of anilines is 1. The van der Waals surface area contributed by atoms with Gasteiger partial charge in [0.05, 0.1) is 11.3 Å². The number of hydrogen-bond acceptors (Lipinski definition) is 4. The summed E-state index contributed by atoms with van der Waals surface area (Å²) < 4.78 is 4.92. The molecule has 0 radical (unpaired) electrons. The molecular weight excluding hydrogens is 430 g/mol. The lowest BCUT2D eigenvalue weighted by Crippen LogP contribution is -2.23. The number of aromatic nitrogens is 1. The summed E-state index contributed by atoms with van der Waals surface area (Å²) in [6, 6.07) is 19.6. The Hall–Kier alpha value is -4.13. The first kappa shape index (κ1) is 26.1. The zero-order valence-electron chi connectivity index (χ0n) is 20.1. The average molecular weight is 462 g/mol. The fourth-order valence-electron chi connectivity index (χ4n) is 3.50. The minimum Gasteiger partial charge on any atom is -0.445 e. The van der Waals surface area contributed by atoms with Gasteiger partial charge in [0.15, 0.2) is 0 Å². The maximum atomic E-state index is 12.3. The van der Waals surface area contributed by atoms with Crippen LogP contribution in [0.3, 0.4) is 0 Å². The average Bonchev–Trinajstić information content (AvgIpc) is 3.30. The third-order valence-electron chi connectivity index (χ3n) is 5.10. The van der Waals surface area contributed by atoms with Crippen LogP contribution in [-0.4, -0.2) is 37.4 Å². The predicted octanol–water partition coefficient (Wildman–Crippen LogP) is 4.90. The Kier molecular flexibility index (Phi) is 9.83. The summed E-state index contributed by atoms with van der Waals surface area (Å²) in [6.07, 6.45) is 1.58. The van der Waals surface area contributed by atoms with Gasteiger partial charge in [-0.1, -0.05) is 48.5 Å². The molecule has 0 unspecified atom stereocenters. The van der Waals surface area contributed by atoms with E-state index in [1.54, 1.807) is 4.90 Å². The molecule has 0 aliphatic carbocycles. The predicted molar refractivity (Wildman–Crippen MR) is 135 cm³/mol. The lowest BCUT2D eigenvalue weighted by atomic mass is 10.1. The van der Waals surface area contributed by atoms with Crippen molar-refractivity contribution in [3.05, 3.63) is 88.7 Å². The number of fused-ring (bicyclic) bond motifs is 1. The highest BCUT2D eigenvalue weighted by molar-refractivity contribution is 6.35. The summed E-state index contributed by atoms with van der Waals surface area (Å²) in [5, 5.41) is 2.55. The number of nitrogens with zero attached hydrogens (tertiary/aromatic N) is 1. The van der Waals surface area contributed by atoms with Gasteiger partial charge < -0.3 is 24.7 Å². The molecule has 4 rings (SSSR count). The number of hydrogen-bond donors (Lipinski definition) is 2. The van der Waals surface area contributed by atoms with E-state index in [-0.39, 0.29) is 12.0 Å². The summed E-state index contributed by atoms with van der Waals surface area (Å²) in [6.45, 7) is 8.83. The first-order valence-corrected chi connectivity index (χ1v) is 10.9. The largest absolute Gasteiger partial charge is 0.445 e. The highest BCUT2D eigenvalue weighted by Crippen LogP contribution is 2.36. The van der Waals surface area contributed by atoms with E-state index < -0.39 is 0 Å². The quantitative estimate of drug-likeness (QED) is 0.541. The molecule has 7 heteroatoms. The maximum absolute atomic E-state index is 12.3. The van der Waals surface area contributed by atoms with Crippen molar-refractivity contribution in [1.29, 1.82) is 0 Å². The van der Waals surface area contributed by atoms with Gasteiger partial charge >= 0.3 is 6.09 Å². The van der Waals surface area contributed by atoms with E-state index >= 15 is 0 Å². The van der Waals surface area contributed by atoms with Gasteiger partial charge in [0.1, 0.15) is 13.4 Å². The molecule has 7 nitrogen and oxygen atoms in total. The molecule has 34 heavy (non-hydrogen) atoms. The number of ether oxygens (including phenoxy) is 1. The number of aryl methyl sites for hydroxylation is 2. The molecule has 0 spiro atoms. The van der Waals surface area contributed by atoms with Crippen LogP contribution < -0.4 is 10.2 Å². The summed E-state index contributed by atoms with van der Waals surface area (Å²) in [5.74, 6) is 0.0489. The molecule has 3 aromatic rings. The van der Waals surface area contributed by atoms with Gasteiger partial charge in [0.25, 0.3) is 5.91 Å². The number of carbonyl (C=O) groups is 3. The Morgan fingerprint density at radius 1 is 1.09 bits per heavy atom. The topological polar surface area (TPSA) is 91.5 Å². The van der Waals surface area contributed by atoms with Crippen LogP contribution in [0.5, 0.6) is 0 Å². The van der Waals surface area contributed by atoms with E-state index in [9.17, 15) is 9.59 Å². The lowest BCUT2D eigenvalue weighted by molar-refractivity contribution is -0.112. The molecule has 2 N–H and O–H groups in total. The van der Waals surface area contributed by atoms with Crippen LogP contribution in [0.4, 0.5) is 10.5 Å². The molecule has 0 bridgehead atoms. The van der Waals surface area contributed by atoms with Crippen molar-refractivity contribution in [3.63, 3.8) is 0 Å². The van der Waals surface area contributed by atoms with Crippen LogP contribution >= 0.6 is 0 Å². The van der Waals surface area contributed by atoms with Crippen molar-refractivity contribution < 1.29 is 19.1 Å². The van der Waals surface area contributed by atoms with E-state index in [4.69, 9.17) is 9.53 Å². The molecule has 2 heterocycles. The molecule has 0 saturated heterocycles. The molecule has 2 amide bonds. The van der Waals surface area contributed by atoms with Crippen molar-refractivity contribution in [3.8, 4) is 0 Å². The Balaban J connectivity index is 0.000000239. The van der Waals surface area contributed by atoms with Crippen molar-refractivity contribution in [2.45, 2.75) is 27.4 Å². The summed E-state index contributed by atoms with van der Waals surface area (Å²) in [7, 11) is 1.81. The van der Waals surface area contributed by atoms with E-state index in [2.05, 4.69) is 16.4 Å². The zero-order valence-corrected chi connectivity index (χ0v) is 20.1. The van der Waals surface area contributed by atoms with Gasteiger partial charge in [0, 0.05) is 30.5 Å². The number of para-hydroxylation sites is 1. The molecule has 0 atom stereocenters. The number of H-pyrrole nitrogens is 1. The minimum absolute atomic E-state index is 0.0489. The van der Waals surface area contributed by atoms with Crippen molar-refractivity contribution in [2.24, 2.45) is 0 Å². The van der Waals surface area contributed by atoms with E-state index in [0.29, 0.717) is 13.2 Å². The zero-order chi connectivity index (χ0) is 25.1. The lowest BCUT2D eigenvalue weighted by Gasteiger charge is -2.07. The second kappa shape index (κ2) is 12.8. The van der Waals surface area contributed by atoms with Crippen LogP contribution in [0.15, 0.2) is 60.7 Å². The molecular formula is C27H31N3O4. The molecule has 178 valence electrons. The van der Waals surface area contributed by atoms with Crippen LogP contribution in [0.2, 0.25) is 0 Å². The normalized spacial score (nSPS) is 12.8. The Bertz CT molecular complexity index is 1140. The van der Waals surface area contributed by atoms with Gasteiger partial charge in [-0.3, -0.25) is 4.79 Å². The second-order valence-electron chi connectivity index (χ2n) is 7.58. The second-order valence-corrected chi connectivity index (χ2v) is 7.58. The van der Waals surface area contributed by atoms with Crippen LogP contribution in [0, 0.1) is 13.8 Å². The third kappa shape index (κ3) is 6.68. The number of rotatable bonds is 4. The van der Waals surface area contributed by atoms with Gasteiger partial charge in [-0.15, -0.1) is 0 Å². The standard InChI is InChI=1S/C16H16N2O.C10H13NO2.CH2O/c1-10-8-11(2)17-14(10)9-13-12-6-4-5-7-15(12)18(3)16(13)19;1-2-11-10(12)13-8-9-6-4-3-5-7-9;1-2/h4-9,17H,1-3H3;3-7H,2,8H2,1H3,(H,11,12);1H2/b13-9-;;. The molecule has 1 aliphatic rings. The number of alkyl carbamates (subject to hydrolysis) is 1. The molecule has 0 saturated carbocycles. The third-order valence-corrected chi connectivity index (χ3v) is 5.10. The van der Waals surface area contributed by atoms with Gasteiger partial charge in [-0.2, -0.15) is 0 Å². The minimum atomic E-state index is -0.369. The van der Waals surface area contributed by atoms with E-state index in [1.165, 1.54) is 0 Å². The Morgan fingerprint density at radius 3 is 2.35 bits per heavy atom. The fraction of sp³-hybridized carbons (Fsp3) is 0.222. The molecule has 2 aromatic carbocycles. The first-order valence-electron chi connectivity index (χ1n) is 10.9. The fourth-order valence-corrected chi connectivity index (χ4v) is 3.50. The number of nitrogens with one attached hydrogen (secondary N) is 2. The smallest absolute Gasteiger partial charge is 0.407 e. The van der Waals surface area contributed by atoms with Crippen molar-refractivity contribution in [1.82, 2.24) is 10.3 Å². The monoisotopic (exact) mass is 461 g/mol. The highest BCUT2D eigenvalue weighted by atomic mass is 16.5. The Morgan fingerprint density at radius 2 is 1.74 bits per heavy atom. The van der Waals surface area contributed by atoms with E-state index in [0.717, 1.165) is 39.3 Å².